The highest BCUT2D eigenvalue weighted by Gasteiger charge is 2.19. The molecular weight excluding hydrogens is 691 g/mol. The monoisotopic (exact) mass is 725 g/mol. The van der Waals surface area contributed by atoms with E-state index in [0.29, 0.717) is 0 Å². The van der Waals surface area contributed by atoms with Crippen molar-refractivity contribution in [3.63, 3.8) is 0 Å². The molecule has 0 aliphatic rings. The Morgan fingerprint density at radius 1 is 0.228 bits per heavy atom. The molecule has 0 saturated heterocycles. The molecule has 12 rings (SSSR count). The highest BCUT2D eigenvalue weighted by atomic mass is 15.0. The first-order valence-electron chi connectivity index (χ1n) is 19.6. The molecule has 3 heteroatoms. The molecule has 9 aromatic carbocycles. The quantitative estimate of drug-likeness (QED) is 0.168. The van der Waals surface area contributed by atoms with E-state index < -0.39 is 0 Å². The molecule has 0 N–H and O–H groups in total. The lowest BCUT2D eigenvalue weighted by Gasteiger charge is -2.12. The van der Waals surface area contributed by atoms with Gasteiger partial charge in [-0.05, 0) is 95.1 Å². The largest absolute Gasteiger partial charge is 0.309 e. The lowest BCUT2D eigenvalue weighted by Crippen LogP contribution is -1.95. The van der Waals surface area contributed by atoms with Crippen LogP contribution in [0.2, 0.25) is 0 Å². The maximum absolute atomic E-state index is 2.42. The number of nitrogens with zero attached hydrogens (tertiary/aromatic N) is 3. The van der Waals surface area contributed by atoms with E-state index in [1.54, 1.807) is 0 Å². The molecule has 0 radical (unpaired) electrons. The lowest BCUT2D eigenvalue weighted by molar-refractivity contribution is 1.18. The van der Waals surface area contributed by atoms with Gasteiger partial charge in [0.1, 0.15) is 0 Å². The molecule has 0 aliphatic heterocycles. The van der Waals surface area contributed by atoms with Gasteiger partial charge in [-0.25, -0.2) is 0 Å². The van der Waals surface area contributed by atoms with Gasteiger partial charge < -0.3 is 13.7 Å². The van der Waals surface area contributed by atoms with Crippen molar-refractivity contribution in [3.8, 4) is 39.3 Å². The molecule has 0 aliphatic carbocycles. The van der Waals surface area contributed by atoms with Crippen LogP contribution < -0.4 is 0 Å². The molecule has 0 saturated carbocycles. The molecule has 57 heavy (non-hydrogen) atoms. The number of para-hydroxylation sites is 5. The van der Waals surface area contributed by atoms with Crippen LogP contribution in [0.1, 0.15) is 0 Å². The third-order valence-corrected chi connectivity index (χ3v) is 11.9. The summed E-state index contributed by atoms with van der Waals surface area (Å²) in [5.74, 6) is 0. The Hall–Kier alpha value is -7.62. The van der Waals surface area contributed by atoms with Crippen molar-refractivity contribution in [2.45, 2.75) is 0 Å². The fraction of sp³-hybridized carbons (Fsp3) is 0. The Morgan fingerprint density at radius 2 is 0.614 bits per heavy atom. The SMILES string of the molecule is c1ccc(-n2c3ccccc3c3ccc(-c4cccc5c4c4ccccc4n5-c4ccc(-c5ccc(-n6c7ccccc7c7ccccc76)cc5)cc4)cc32)cc1. The van der Waals surface area contributed by atoms with Crippen LogP contribution in [-0.4, -0.2) is 13.7 Å². The number of rotatable bonds is 5. The Labute approximate surface area is 329 Å². The summed E-state index contributed by atoms with van der Waals surface area (Å²) in [6, 6.07) is 77.3. The van der Waals surface area contributed by atoms with Gasteiger partial charge in [0.25, 0.3) is 0 Å². The normalized spacial score (nSPS) is 11.9. The first-order valence-corrected chi connectivity index (χ1v) is 19.6. The minimum atomic E-state index is 1.14. The summed E-state index contributed by atoms with van der Waals surface area (Å²) < 4.78 is 7.19. The minimum absolute atomic E-state index is 1.14. The predicted molar refractivity (Wildman–Crippen MR) is 240 cm³/mol. The van der Waals surface area contributed by atoms with Gasteiger partial charge in [-0.2, -0.15) is 0 Å². The molecule has 0 spiro atoms. The highest BCUT2D eigenvalue weighted by Crippen LogP contribution is 2.41. The molecule has 0 bridgehead atoms. The molecule has 0 fully saturated rings. The first-order chi connectivity index (χ1) is 28.3. The van der Waals surface area contributed by atoms with Crippen LogP contribution in [0.4, 0.5) is 0 Å². The Morgan fingerprint density at radius 3 is 1.18 bits per heavy atom. The smallest absolute Gasteiger partial charge is 0.0547 e. The van der Waals surface area contributed by atoms with Crippen LogP contribution in [-0.2, 0) is 0 Å². The van der Waals surface area contributed by atoms with Crippen LogP contribution in [0.25, 0.3) is 105 Å². The third-order valence-electron chi connectivity index (χ3n) is 11.9. The van der Waals surface area contributed by atoms with Crippen LogP contribution in [0.5, 0.6) is 0 Å². The third kappa shape index (κ3) is 4.79. The standard InChI is InChI=1S/C54H35N3/c1-2-13-39(14-3-1)57-50-22-10-6-17-45(50)46-34-29-38(35-53(46)57)42-19-12-24-52-54(42)47-18-7-11-23-51(47)56(52)41-32-27-37(28-33-41)36-25-30-40(31-26-36)55-48-20-8-4-15-43(48)44-16-5-9-21-49(44)55/h1-35H. The second-order valence-corrected chi connectivity index (χ2v) is 14.9. The van der Waals surface area contributed by atoms with Gasteiger partial charge in [-0.3, -0.25) is 0 Å². The zero-order valence-electron chi connectivity index (χ0n) is 31.0. The van der Waals surface area contributed by atoms with E-state index in [1.165, 1.54) is 87.7 Å². The summed E-state index contributed by atoms with van der Waals surface area (Å²) in [4.78, 5) is 0. The number of hydrogen-bond donors (Lipinski definition) is 0. The van der Waals surface area contributed by atoms with Gasteiger partial charge in [0.05, 0.1) is 33.1 Å². The van der Waals surface area contributed by atoms with Crippen LogP contribution in [0.15, 0.2) is 212 Å². The predicted octanol–water partition coefficient (Wildman–Crippen LogP) is 14.3. The molecule has 3 aromatic heterocycles. The van der Waals surface area contributed by atoms with E-state index in [-0.39, 0.29) is 0 Å². The zero-order chi connectivity index (χ0) is 37.5. The van der Waals surface area contributed by atoms with Crippen molar-refractivity contribution in [1.29, 1.82) is 0 Å². The number of fused-ring (bicyclic) bond motifs is 9. The maximum Gasteiger partial charge on any atom is 0.0547 e. The van der Waals surface area contributed by atoms with Crippen molar-refractivity contribution >= 4 is 65.4 Å². The van der Waals surface area contributed by atoms with Crippen molar-refractivity contribution in [1.82, 2.24) is 13.7 Å². The van der Waals surface area contributed by atoms with Crippen molar-refractivity contribution < 1.29 is 0 Å². The van der Waals surface area contributed by atoms with E-state index >= 15 is 0 Å². The van der Waals surface area contributed by atoms with Crippen molar-refractivity contribution in [3.05, 3.63) is 212 Å². The van der Waals surface area contributed by atoms with Gasteiger partial charge in [-0.15, -0.1) is 0 Å². The van der Waals surface area contributed by atoms with E-state index in [4.69, 9.17) is 0 Å². The molecule has 266 valence electrons. The Kier molecular flexibility index (Phi) is 6.93. The molecule has 3 nitrogen and oxygen atoms in total. The Bertz CT molecular complexity index is 3440. The fourth-order valence-electron chi connectivity index (χ4n) is 9.34. The molecule has 0 atom stereocenters. The summed E-state index contributed by atoms with van der Waals surface area (Å²) in [5, 5.41) is 7.58. The number of aromatic nitrogens is 3. The summed E-state index contributed by atoms with van der Waals surface area (Å²) in [7, 11) is 0. The highest BCUT2D eigenvalue weighted by molar-refractivity contribution is 6.17. The minimum Gasteiger partial charge on any atom is -0.309 e. The second kappa shape index (κ2) is 12.5. The summed E-state index contributed by atoms with van der Waals surface area (Å²) in [5.41, 5.74) is 15.6. The van der Waals surface area contributed by atoms with Crippen LogP contribution in [0.3, 0.4) is 0 Å². The summed E-state index contributed by atoms with van der Waals surface area (Å²) in [6.45, 7) is 0. The van der Waals surface area contributed by atoms with E-state index in [1.807, 2.05) is 0 Å². The van der Waals surface area contributed by atoms with Gasteiger partial charge in [0, 0.05) is 49.4 Å². The fourth-order valence-corrected chi connectivity index (χ4v) is 9.34. The van der Waals surface area contributed by atoms with Crippen molar-refractivity contribution in [2.24, 2.45) is 0 Å². The van der Waals surface area contributed by atoms with Crippen LogP contribution >= 0.6 is 0 Å². The lowest BCUT2D eigenvalue weighted by atomic mass is 9.98. The maximum atomic E-state index is 2.42. The molecule has 3 heterocycles. The van der Waals surface area contributed by atoms with E-state index in [2.05, 4.69) is 226 Å². The summed E-state index contributed by atoms with van der Waals surface area (Å²) in [6.07, 6.45) is 0. The van der Waals surface area contributed by atoms with E-state index in [0.717, 1.165) is 17.1 Å². The number of hydrogen-bond acceptors (Lipinski definition) is 0. The second-order valence-electron chi connectivity index (χ2n) is 14.9. The van der Waals surface area contributed by atoms with Crippen LogP contribution in [0, 0.1) is 0 Å². The molecule has 12 aromatic rings. The average Bonchev–Trinajstić information content (AvgIpc) is 3.92. The molecule has 0 unspecified atom stereocenters. The Balaban J connectivity index is 0.958. The van der Waals surface area contributed by atoms with Gasteiger partial charge in [0.2, 0.25) is 0 Å². The molecular formula is C54H35N3. The van der Waals surface area contributed by atoms with Gasteiger partial charge >= 0.3 is 0 Å². The average molecular weight is 726 g/mol. The zero-order valence-corrected chi connectivity index (χ0v) is 31.0. The van der Waals surface area contributed by atoms with Crippen molar-refractivity contribution in [2.75, 3.05) is 0 Å². The molecule has 0 amide bonds. The van der Waals surface area contributed by atoms with E-state index in [9.17, 15) is 0 Å². The topological polar surface area (TPSA) is 14.8 Å². The van der Waals surface area contributed by atoms with Gasteiger partial charge in [0.15, 0.2) is 0 Å². The van der Waals surface area contributed by atoms with Gasteiger partial charge in [-0.1, -0.05) is 140 Å². The number of benzene rings is 9. The summed E-state index contributed by atoms with van der Waals surface area (Å²) >= 11 is 0. The first kappa shape index (κ1) is 31.7.